The van der Waals surface area contributed by atoms with Crippen molar-refractivity contribution >= 4 is 5.65 Å². The van der Waals surface area contributed by atoms with Crippen LogP contribution in [0.3, 0.4) is 0 Å². The summed E-state index contributed by atoms with van der Waals surface area (Å²) in [6.07, 6.45) is 1.78. The van der Waals surface area contributed by atoms with Crippen LogP contribution < -0.4 is 4.74 Å². The molecule has 0 aliphatic rings. The van der Waals surface area contributed by atoms with Crippen LogP contribution in [-0.2, 0) is 6.61 Å². The summed E-state index contributed by atoms with van der Waals surface area (Å²) < 4.78 is 7.44. The zero-order valence-electron chi connectivity index (χ0n) is 10.0. The number of hydrogen-bond donors (Lipinski definition) is 0. The Hall–Kier alpha value is -2.87. The molecule has 5 heteroatoms. The van der Waals surface area contributed by atoms with Crippen LogP contribution in [0.15, 0.2) is 48.7 Å². The quantitative estimate of drug-likeness (QED) is 0.714. The smallest absolute Gasteiger partial charge is 0.175 e. The maximum absolute atomic E-state index is 8.82. The molecular weight excluding hydrogens is 240 g/mol. The monoisotopic (exact) mass is 250 g/mol. The maximum Gasteiger partial charge on any atom is 0.175 e. The minimum atomic E-state index is 0.330. The highest BCUT2D eigenvalue weighted by Crippen LogP contribution is 2.12. The molecule has 0 aliphatic heterocycles. The lowest BCUT2D eigenvalue weighted by molar-refractivity contribution is 0.294. The number of rotatable bonds is 3. The lowest BCUT2D eigenvalue weighted by Gasteiger charge is -2.04. The van der Waals surface area contributed by atoms with E-state index in [2.05, 4.69) is 16.3 Å². The first-order chi connectivity index (χ1) is 9.36. The zero-order valence-corrected chi connectivity index (χ0v) is 10.0. The number of hydrogen-bond acceptors (Lipinski definition) is 4. The summed E-state index contributed by atoms with van der Waals surface area (Å²) in [6.45, 7) is 0.330. The van der Waals surface area contributed by atoms with Gasteiger partial charge in [0.25, 0.3) is 0 Å². The Morgan fingerprint density at radius 2 is 2.00 bits per heavy atom. The van der Waals surface area contributed by atoms with E-state index in [9.17, 15) is 0 Å². The highest BCUT2D eigenvalue weighted by atomic mass is 16.5. The van der Waals surface area contributed by atoms with Crippen molar-refractivity contribution in [2.75, 3.05) is 0 Å². The summed E-state index contributed by atoms with van der Waals surface area (Å²) in [7, 11) is 0. The molecule has 0 bridgehead atoms. The van der Waals surface area contributed by atoms with Crippen molar-refractivity contribution in [3.8, 4) is 11.8 Å². The molecule has 0 unspecified atom stereocenters. The molecule has 0 fully saturated rings. The number of nitrogens with zero attached hydrogens (tertiary/aromatic N) is 4. The van der Waals surface area contributed by atoms with Gasteiger partial charge in [-0.2, -0.15) is 5.26 Å². The van der Waals surface area contributed by atoms with Gasteiger partial charge in [-0.05, 0) is 18.2 Å². The van der Waals surface area contributed by atoms with E-state index in [1.54, 1.807) is 18.3 Å². The Labute approximate surface area is 109 Å². The van der Waals surface area contributed by atoms with Crippen LogP contribution in [0.4, 0.5) is 0 Å². The third-order valence-electron chi connectivity index (χ3n) is 2.72. The average molecular weight is 250 g/mol. The summed E-state index contributed by atoms with van der Waals surface area (Å²) in [5, 5.41) is 16.9. The van der Waals surface area contributed by atoms with Crippen LogP contribution in [0.2, 0.25) is 0 Å². The predicted molar refractivity (Wildman–Crippen MR) is 68.5 cm³/mol. The Morgan fingerprint density at radius 3 is 2.79 bits per heavy atom. The molecule has 0 radical (unpaired) electrons. The van der Waals surface area contributed by atoms with Gasteiger partial charge >= 0.3 is 0 Å². The number of fused-ring (bicyclic) bond motifs is 1. The van der Waals surface area contributed by atoms with Crippen LogP contribution in [0, 0.1) is 11.3 Å². The van der Waals surface area contributed by atoms with E-state index in [0.29, 0.717) is 23.6 Å². The van der Waals surface area contributed by atoms with Crippen molar-refractivity contribution in [3.05, 3.63) is 60.0 Å². The molecule has 92 valence electrons. The minimum absolute atomic E-state index is 0.330. The Bertz CT molecular complexity index is 743. The predicted octanol–water partition coefficient (Wildman–Crippen LogP) is 2.18. The molecule has 0 aliphatic carbocycles. The second kappa shape index (κ2) is 4.78. The lowest BCUT2D eigenvalue weighted by atomic mass is 10.3. The number of pyridine rings is 1. The maximum atomic E-state index is 8.82. The molecule has 0 spiro atoms. The summed E-state index contributed by atoms with van der Waals surface area (Å²) in [4.78, 5) is 0. The van der Waals surface area contributed by atoms with E-state index in [0.717, 1.165) is 5.75 Å². The van der Waals surface area contributed by atoms with E-state index in [-0.39, 0.29) is 0 Å². The van der Waals surface area contributed by atoms with Crippen LogP contribution in [-0.4, -0.2) is 14.6 Å². The summed E-state index contributed by atoms with van der Waals surface area (Å²) in [6, 6.07) is 15.0. The van der Waals surface area contributed by atoms with E-state index in [1.807, 2.05) is 34.7 Å². The van der Waals surface area contributed by atoms with Crippen molar-refractivity contribution in [1.29, 1.82) is 5.26 Å². The van der Waals surface area contributed by atoms with E-state index < -0.39 is 0 Å². The Balaban J connectivity index is 1.84. The van der Waals surface area contributed by atoms with Gasteiger partial charge in [0.15, 0.2) is 11.5 Å². The fourth-order valence-electron chi connectivity index (χ4n) is 1.77. The fraction of sp³-hybridized carbons (Fsp3) is 0.0714. The molecule has 19 heavy (non-hydrogen) atoms. The molecule has 0 atom stereocenters. The topological polar surface area (TPSA) is 63.2 Å². The minimum Gasteiger partial charge on any atom is -0.486 e. The van der Waals surface area contributed by atoms with Crippen molar-refractivity contribution in [3.63, 3.8) is 0 Å². The molecule has 2 heterocycles. The molecule has 0 N–H and O–H groups in total. The van der Waals surface area contributed by atoms with Crippen LogP contribution in [0.5, 0.6) is 5.75 Å². The zero-order chi connectivity index (χ0) is 13.1. The molecule has 0 saturated carbocycles. The standard InChI is InChI=1S/C14H10N4O/c15-9-11-6-7-18-13(8-11)16-17-14(18)10-19-12-4-2-1-3-5-12/h1-8H,10H2. The van der Waals surface area contributed by atoms with Gasteiger partial charge in [-0.25, -0.2) is 0 Å². The van der Waals surface area contributed by atoms with Gasteiger partial charge in [0.2, 0.25) is 0 Å². The molecule has 3 rings (SSSR count). The molecule has 3 aromatic rings. The second-order valence-corrected chi connectivity index (χ2v) is 3.97. The third-order valence-corrected chi connectivity index (χ3v) is 2.72. The van der Waals surface area contributed by atoms with Gasteiger partial charge in [0.1, 0.15) is 12.4 Å². The molecule has 2 aromatic heterocycles. The SMILES string of the molecule is N#Cc1ccn2c(COc3ccccc3)nnc2c1. The Kier molecular flexibility index (Phi) is 2.83. The van der Waals surface area contributed by atoms with Crippen LogP contribution >= 0.6 is 0 Å². The molecule has 0 amide bonds. The molecule has 5 nitrogen and oxygen atoms in total. The largest absolute Gasteiger partial charge is 0.486 e. The molecule has 0 saturated heterocycles. The van der Waals surface area contributed by atoms with E-state index in [4.69, 9.17) is 10.00 Å². The number of nitriles is 1. The number of benzene rings is 1. The van der Waals surface area contributed by atoms with Crippen LogP contribution in [0.1, 0.15) is 11.4 Å². The highest BCUT2D eigenvalue weighted by Gasteiger charge is 2.06. The summed E-state index contributed by atoms with van der Waals surface area (Å²) in [5.74, 6) is 1.48. The van der Waals surface area contributed by atoms with E-state index in [1.165, 1.54) is 0 Å². The van der Waals surface area contributed by atoms with Gasteiger partial charge in [0, 0.05) is 12.3 Å². The van der Waals surface area contributed by atoms with Crippen LogP contribution in [0.25, 0.3) is 5.65 Å². The number of ether oxygens (including phenoxy) is 1. The summed E-state index contributed by atoms with van der Waals surface area (Å²) in [5.41, 5.74) is 1.21. The van der Waals surface area contributed by atoms with Gasteiger partial charge in [0.05, 0.1) is 11.6 Å². The Morgan fingerprint density at radius 1 is 1.16 bits per heavy atom. The molecular formula is C14H10N4O. The second-order valence-electron chi connectivity index (χ2n) is 3.97. The first-order valence-electron chi connectivity index (χ1n) is 5.78. The third kappa shape index (κ3) is 2.24. The highest BCUT2D eigenvalue weighted by molar-refractivity contribution is 5.45. The number of aromatic nitrogens is 3. The lowest BCUT2D eigenvalue weighted by Crippen LogP contribution is -2.01. The van der Waals surface area contributed by atoms with Crippen molar-refractivity contribution in [1.82, 2.24) is 14.6 Å². The van der Waals surface area contributed by atoms with Gasteiger partial charge in [-0.3, -0.25) is 4.40 Å². The van der Waals surface area contributed by atoms with Gasteiger partial charge < -0.3 is 4.74 Å². The van der Waals surface area contributed by atoms with Crippen molar-refractivity contribution in [2.45, 2.75) is 6.61 Å². The van der Waals surface area contributed by atoms with Crippen molar-refractivity contribution in [2.24, 2.45) is 0 Å². The van der Waals surface area contributed by atoms with Crippen molar-refractivity contribution < 1.29 is 4.74 Å². The first kappa shape index (κ1) is 11.2. The average Bonchev–Trinajstić information content (AvgIpc) is 2.88. The van der Waals surface area contributed by atoms with Gasteiger partial charge in [-0.15, -0.1) is 10.2 Å². The number of para-hydroxylation sites is 1. The van der Waals surface area contributed by atoms with Gasteiger partial charge in [-0.1, -0.05) is 18.2 Å². The van der Waals surface area contributed by atoms with E-state index >= 15 is 0 Å². The normalized spacial score (nSPS) is 10.3. The fourth-order valence-corrected chi connectivity index (χ4v) is 1.77. The first-order valence-corrected chi connectivity index (χ1v) is 5.78. The summed E-state index contributed by atoms with van der Waals surface area (Å²) >= 11 is 0. The molecule has 1 aromatic carbocycles.